The zero-order chi connectivity index (χ0) is 16.4. The average Bonchev–Trinajstić information content (AvgIpc) is 2.52. The number of nitrogens with zero attached hydrogens (tertiary/aromatic N) is 1. The number of ether oxygens (including phenoxy) is 1. The maximum absolute atomic E-state index is 13.3. The number of rotatable bonds is 4. The summed E-state index contributed by atoms with van der Waals surface area (Å²) >= 11 is 12.2. The zero-order valence-corrected chi connectivity index (χ0v) is 13.7. The highest BCUT2D eigenvalue weighted by atomic mass is 35.5. The fourth-order valence-electron chi connectivity index (χ4n) is 2.37. The first kappa shape index (κ1) is 15.8. The van der Waals surface area contributed by atoms with E-state index in [0.29, 0.717) is 22.3 Å². The Bertz CT molecular complexity index is 871. The van der Waals surface area contributed by atoms with Crippen LogP contribution in [0.15, 0.2) is 42.6 Å². The fourth-order valence-corrected chi connectivity index (χ4v) is 2.98. The average molecular weight is 351 g/mol. The monoisotopic (exact) mass is 350 g/mol. The Balaban J connectivity index is 1.86. The van der Waals surface area contributed by atoms with E-state index in [1.165, 1.54) is 12.1 Å². The van der Waals surface area contributed by atoms with Crippen molar-refractivity contribution in [3.05, 3.63) is 64.0 Å². The van der Waals surface area contributed by atoms with Crippen LogP contribution >= 0.6 is 23.2 Å². The third-order valence-corrected chi connectivity index (χ3v) is 3.91. The van der Waals surface area contributed by atoms with Crippen molar-refractivity contribution in [3.8, 4) is 5.75 Å². The number of benzene rings is 2. The Kier molecular flexibility index (Phi) is 4.55. The summed E-state index contributed by atoms with van der Waals surface area (Å²) in [6, 6.07) is 9.74. The van der Waals surface area contributed by atoms with Gasteiger partial charge in [0.2, 0.25) is 0 Å². The van der Waals surface area contributed by atoms with Crippen LogP contribution in [0.25, 0.3) is 10.9 Å². The largest absolute Gasteiger partial charge is 0.495 e. The first-order valence-corrected chi connectivity index (χ1v) is 7.63. The molecule has 0 fully saturated rings. The minimum atomic E-state index is -0.292. The lowest BCUT2D eigenvalue weighted by molar-refractivity contribution is 0.410. The maximum Gasteiger partial charge on any atom is 0.142 e. The van der Waals surface area contributed by atoms with Crippen LogP contribution in [0.3, 0.4) is 0 Å². The van der Waals surface area contributed by atoms with Gasteiger partial charge in [0.1, 0.15) is 11.6 Å². The lowest BCUT2D eigenvalue weighted by Crippen LogP contribution is -2.02. The molecule has 3 nitrogen and oxygen atoms in total. The number of anilines is 1. The molecule has 2 aromatic carbocycles. The zero-order valence-electron chi connectivity index (χ0n) is 12.2. The summed E-state index contributed by atoms with van der Waals surface area (Å²) in [6.45, 7) is 0.450. The molecule has 3 aromatic rings. The van der Waals surface area contributed by atoms with Gasteiger partial charge in [0, 0.05) is 22.5 Å². The SMILES string of the molecule is COc1c(Cl)cc(Cl)cc1CNc1cnc2ccc(F)cc2c1. The van der Waals surface area contributed by atoms with Gasteiger partial charge in [-0.15, -0.1) is 0 Å². The van der Waals surface area contributed by atoms with Gasteiger partial charge in [-0.2, -0.15) is 0 Å². The molecule has 3 rings (SSSR count). The molecule has 0 bridgehead atoms. The van der Waals surface area contributed by atoms with E-state index in [0.717, 1.165) is 22.2 Å². The van der Waals surface area contributed by atoms with Gasteiger partial charge in [-0.05, 0) is 36.4 Å². The molecule has 0 spiro atoms. The molecule has 1 aromatic heterocycles. The van der Waals surface area contributed by atoms with Crippen molar-refractivity contribution in [1.82, 2.24) is 4.98 Å². The van der Waals surface area contributed by atoms with E-state index >= 15 is 0 Å². The Morgan fingerprint density at radius 1 is 1.17 bits per heavy atom. The van der Waals surface area contributed by atoms with Crippen LogP contribution in [0.1, 0.15) is 5.56 Å². The molecule has 0 saturated carbocycles. The summed E-state index contributed by atoms with van der Waals surface area (Å²) in [6.07, 6.45) is 1.69. The first-order valence-electron chi connectivity index (χ1n) is 6.88. The van der Waals surface area contributed by atoms with Crippen LogP contribution in [-0.4, -0.2) is 12.1 Å². The van der Waals surface area contributed by atoms with Gasteiger partial charge in [-0.25, -0.2) is 4.39 Å². The summed E-state index contributed by atoms with van der Waals surface area (Å²) in [5.41, 5.74) is 2.32. The fraction of sp³-hybridized carbons (Fsp3) is 0.118. The molecule has 1 heterocycles. The van der Waals surface area contributed by atoms with Crippen molar-refractivity contribution in [2.45, 2.75) is 6.54 Å². The van der Waals surface area contributed by atoms with E-state index in [2.05, 4.69) is 10.3 Å². The van der Waals surface area contributed by atoms with Crippen molar-refractivity contribution in [2.24, 2.45) is 0 Å². The molecule has 0 atom stereocenters. The Hall–Kier alpha value is -2.04. The molecule has 6 heteroatoms. The normalized spacial score (nSPS) is 10.8. The molecule has 0 unspecified atom stereocenters. The lowest BCUT2D eigenvalue weighted by atomic mass is 10.1. The van der Waals surface area contributed by atoms with Gasteiger partial charge in [0.25, 0.3) is 0 Å². The second-order valence-electron chi connectivity index (χ2n) is 4.99. The molecule has 0 aliphatic heterocycles. The number of halogens is 3. The molecular weight excluding hydrogens is 338 g/mol. The molecule has 118 valence electrons. The predicted molar refractivity (Wildman–Crippen MR) is 92.0 cm³/mol. The quantitative estimate of drug-likeness (QED) is 0.692. The van der Waals surface area contributed by atoms with E-state index in [1.54, 1.807) is 31.5 Å². The minimum absolute atomic E-state index is 0.292. The Labute approximate surface area is 143 Å². The third-order valence-electron chi connectivity index (χ3n) is 3.42. The molecule has 0 aliphatic carbocycles. The van der Waals surface area contributed by atoms with Gasteiger partial charge in [-0.1, -0.05) is 23.2 Å². The number of methoxy groups -OCH3 is 1. The van der Waals surface area contributed by atoms with Crippen LogP contribution in [0.4, 0.5) is 10.1 Å². The van der Waals surface area contributed by atoms with E-state index < -0.39 is 0 Å². The van der Waals surface area contributed by atoms with Gasteiger partial charge in [0.15, 0.2) is 0 Å². The van der Waals surface area contributed by atoms with E-state index in [4.69, 9.17) is 27.9 Å². The summed E-state index contributed by atoms with van der Waals surface area (Å²) in [5.74, 6) is 0.281. The van der Waals surface area contributed by atoms with Gasteiger partial charge in [0.05, 0.1) is 29.5 Å². The van der Waals surface area contributed by atoms with Crippen molar-refractivity contribution < 1.29 is 9.13 Å². The van der Waals surface area contributed by atoms with E-state index in [9.17, 15) is 4.39 Å². The van der Waals surface area contributed by atoms with Crippen molar-refractivity contribution >= 4 is 39.8 Å². The number of hydrogen-bond donors (Lipinski definition) is 1. The van der Waals surface area contributed by atoms with E-state index in [1.807, 2.05) is 6.07 Å². The van der Waals surface area contributed by atoms with Crippen LogP contribution in [0.5, 0.6) is 5.75 Å². The van der Waals surface area contributed by atoms with Crippen LogP contribution in [-0.2, 0) is 6.54 Å². The summed E-state index contributed by atoms with van der Waals surface area (Å²) in [4.78, 5) is 4.30. The standard InChI is InChI=1S/C17H13Cl2FN2O/c1-23-17-11(4-12(18)7-15(17)19)8-21-14-6-10-5-13(20)2-3-16(10)22-9-14/h2-7,9,21H,8H2,1H3. The smallest absolute Gasteiger partial charge is 0.142 e. The van der Waals surface area contributed by atoms with Crippen LogP contribution in [0, 0.1) is 5.82 Å². The third kappa shape index (κ3) is 3.49. The maximum atomic E-state index is 13.3. The molecule has 0 radical (unpaired) electrons. The van der Waals surface area contributed by atoms with Crippen molar-refractivity contribution in [3.63, 3.8) is 0 Å². The lowest BCUT2D eigenvalue weighted by Gasteiger charge is -2.13. The second kappa shape index (κ2) is 6.60. The molecule has 0 aliphatic rings. The van der Waals surface area contributed by atoms with Crippen molar-refractivity contribution in [2.75, 3.05) is 12.4 Å². The van der Waals surface area contributed by atoms with E-state index in [-0.39, 0.29) is 5.82 Å². The second-order valence-corrected chi connectivity index (χ2v) is 5.84. The summed E-state index contributed by atoms with van der Waals surface area (Å²) < 4.78 is 18.6. The topological polar surface area (TPSA) is 34.1 Å². The number of hydrogen-bond acceptors (Lipinski definition) is 3. The van der Waals surface area contributed by atoms with Crippen LogP contribution in [0.2, 0.25) is 10.0 Å². The Morgan fingerprint density at radius 2 is 2.00 bits per heavy atom. The van der Waals surface area contributed by atoms with Gasteiger partial charge in [-0.3, -0.25) is 4.98 Å². The number of fused-ring (bicyclic) bond motifs is 1. The first-order chi connectivity index (χ1) is 11.1. The molecule has 1 N–H and O–H groups in total. The summed E-state index contributed by atoms with van der Waals surface area (Å²) in [7, 11) is 1.55. The number of aromatic nitrogens is 1. The highest BCUT2D eigenvalue weighted by molar-refractivity contribution is 6.35. The predicted octanol–water partition coefficient (Wildman–Crippen LogP) is 5.30. The molecule has 23 heavy (non-hydrogen) atoms. The highest BCUT2D eigenvalue weighted by Crippen LogP contribution is 2.32. The molecular formula is C17H13Cl2FN2O. The number of pyridine rings is 1. The minimum Gasteiger partial charge on any atom is -0.495 e. The van der Waals surface area contributed by atoms with Crippen molar-refractivity contribution in [1.29, 1.82) is 0 Å². The molecule has 0 saturated heterocycles. The highest BCUT2D eigenvalue weighted by Gasteiger charge is 2.10. The Morgan fingerprint density at radius 3 is 2.78 bits per heavy atom. The summed E-state index contributed by atoms with van der Waals surface area (Å²) in [5, 5.41) is 4.94. The van der Waals surface area contributed by atoms with Crippen LogP contribution < -0.4 is 10.1 Å². The molecule has 0 amide bonds. The van der Waals surface area contributed by atoms with Gasteiger partial charge >= 0.3 is 0 Å². The van der Waals surface area contributed by atoms with Gasteiger partial charge < -0.3 is 10.1 Å². The number of nitrogens with one attached hydrogen (secondary N) is 1.